The summed E-state index contributed by atoms with van der Waals surface area (Å²) in [6.07, 6.45) is 2.13. The Labute approximate surface area is 117 Å². The summed E-state index contributed by atoms with van der Waals surface area (Å²) in [6.45, 7) is 6.28. The lowest BCUT2D eigenvalue weighted by Crippen LogP contribution is -2.30. The summed E-state index contributed by atoms with van der Waals surface area (Å²) in [6, 6.07) is 12.3. The van der Waals surface area contributed by atoms with Crippen LogP contribution in [0.1, 0.15) is 25.1 Å². The van der Waals surface area contributed by atoms with Crippen LogP contribution in [-0.4, -0.2) is 9.38 Å². The number of ether oxygens (including phenoxy) is 1. The van der Waals surface area contributed by atoms with Gasteiger partial charge in [0.15, 0.2) is 0 Å². The van der Waals surface area contributed by atoms with Crippen molar-refractivity contribution >= 4 is 5.65 Å². The molecule has 0 unspecified atom stereocenters. The van der Waals surface area contributed by atoms with E-state index in [4.69, 9.17) is 9.72 Å². The molecule has 20 heavy (non-hydrogen) atoms. The van der Waals surface area contributed by atoms with Gasteiger partial charge in [0.2, 0.25) is 0 Å². The average Bonchev–Trinajstić information content (AvgIpc) is 2.78. The van der Waals surface area contributed by atoms with E-state index in [1.165, 1.54) is 5.56 Å². The Morgan fingerprint density at radius 2 is 1.90 bits per heavy atom. The molecule has 3 heterocycles. The predicted octanol–water partition coefficient (Wildman–Crippen LogP) is 3.94. The molecule has 100 valence electrons. The fourth-order valence-electron chi connectivity index (χ4n) is 2.99. The van der Waals surface area contributed by atoms with Gasteiger partial charge in [-0.1, -0.05) is 18.2 Å². The number of benzene rings is 1. The number of rotatable bonds is 0. The van der Waals surface area contributed by atoms with Crippen molar-refractivity contribution < 1.29 is 4.74 Å². The molecule has 0 saturated carbocycles. The van der Waals surface area contributed by atoms with E-state index < -0.39 is 5.60 Å². The van der Waals surface area contributed by atoms with Crippen molar-refractivity contribution in [2.75, 3.05) is 0 Å². The number of hydrogen-bond acceptors (Lipinski definition) is 2. The second-order valence-electron chi connectivity index (χ2n) is 5.85. The Morgan fingerprint density at radius 1 is 1.10 bits per heavy atom. The summed E-state index contributed by atoms with van der Waals surface area (Å²) >= 11 is 0. The molecule has 0 atom stereocenters. The summed E-state index contributed by atoms with van der Waals surface area (Å²) < 4.78 is 8.34. The predicted molar refractivity (Wildman–Crippen MR) is 79.0 cm³/mol. The molecule has 3 aromatic rings. The molecular weight excluding hydrogens is 248 g/mol. The van der Waals surface area contributed by atoms with Crippen LogP contribution in [0, 0.1) is 6.92 Å². The van der Waals surface area contributed by atoms with Crippen molar-refractivity contribution in [2.45, 2.75) is 26.4 Å². The second-order valence-corrected chi connectivity index (χ2v) is 5.85. The maximum Gasteiger partial charge on any atom is 0.146 e. The molecule has 0 saturated heterocycles. The van der Waals surface area contributed by atoms with Crippen molar-refractivity contribution in [1.82, 2.24) is 9.38 Å². The Morgan fingerprint density at radius 3 is 2.75 bits per heavy atom. The van der Waals surface area contributed by atoms with Crippen LogP contribution in [0.25, 0.3) is 16.9 Å². The van der Waals surface area contributed by atoms with E-state index in [1.807, 2.05) is 18.2 Å². The van der Waals surface area contributed by atoms with Crippen LogP contribution < -0.4 is 4.74 Å². The van der Waals surface area contributed by atoms with Gasteiger partial charge in [0, 0.05) is 11.8 Å². The van der Waals surface area contributed by atoms with E-state index in [1.54, 1.807) is 0 Å². The zero-order valence-electron chi connectivity index (χ0n) is 11.8. The molecule has 0 aliphatic carbocycles. The number of aromatic nitrogens is 2. The molecule has 1 aliphatic heterocycles. The standard InChI is InChI=1S/C17H16N2O/c1-11-8-9-14-18-15-12-6-4-5-7-13(12)20-17(2,3)16(15)19(14)10-11/h4-10H,1-3H3. The number of aryl methyl sites for hydroxylation is 1. The van der Waals surface area contributed by atoms with Gasteiger partial charge in [0.25, 0.3) is 0 Å². The fourth-order valence-corrected chi connectivity index (χ4v) is 2.99. The van der Waals surface area contributed by atoms with Gasteiger partial charge in [-0.25, -0.2) is 4.98 Å². The van der Waals surface area contributed by atoms with Gasteiger partial charge in [-0.15, -0.1) is 0 Å². The minimum absolute atomic E-state index is 0.392. The third-order valence-electron chi connectivity index (χ3n) is 3.84. The summed E-state index contributed by atoms with van der Waals surface area (Å²) in [5, 5.41) is 0. The highest BCUT2D eigenvalue weighted by atomic mass is 16.5. The molecule has 4 rings (SSSR count). The SMILES string of the molecule is Cc1ccc2nc3c(n2c1)C(C)(C)Oc1ccccc1-3. The Kier molecular flexibility index (Phi) is 2.09. The molecular formula is C17H16N2O. The number of pyridine rings is 1. The largest absolute Gasteiger partial charge is 0.481 e. The Balaban J connectivity index is 2.15. The summed E-state index contributed by atoms with van der Waals surface area (Å²) in [7, 11) is 0. The van der Waals surface area contributed by atoms with Gasteiger partial charge in [-0.2, -0.15) is 0 Å². The highest BCUT2D eigenvalue weighted by Crippen LogP contribution is 2.44. The van der Waals surface area contributed by atoms with Gasteiger partial charge in [-0.3, -0.25) is 4.40 Å². The zero-order valence-corrected chi connectivity index (χ0v) is 11.8. The maximum atomic E-state index is 6.19. The van der Waals surface area contributed by atoms with Crippen LogP contribution in [0.2, 0.25) is 0 Å². The van der Waals surface area contributed by atoms with Crippen molar-refractivity contribution in [3.8, 4) is 17.0 Å². The Hall–Kier alpha value is -2.29. The van der Waals surface area contributed by atoms with Crippen LogP contribution in [0.5, 0.6) is 5.75 Å². The number of para-hydroxylation sites is 1. The minimum atomic E-state index is -0.392. The molecule has 0 spiro atoms. The normalized spacial score (nSPS) is 15.6. The van der Waals surface area contributed by atoms with Crippen LogP contribution in [-0.2, 0) is 5.60 Å². The van der Waals surface area contributed by atoms with E-state index in [-0.39, 0.29) is 0 Å². The van der Waals surface area contributed by atoms with E-state index in [9.17, 15) is 0 Å². The van der Waals surface area contributed by atoms with Gasteiger partial charge in [-0.05, 0) is 44.5 Å². The molecule has 0 N–H and O–H groups in total. The first-order valence-electron chi connectivity index (χ1n) is 6.84. The first-order valence-corrected chi connectivity index (χ1v) is 6.84. The number of nitrogens with zero attached hydrogens (tertiary/aromatic N) is 2. The van der Waals surface area contributed by atoms with E-state index >= 15 is 0 Å². The van der Waals surface area contributed by atoms with Crippen LogP contribution in [0.4, 0.5) is 0 Å². The molecule has 3 heteroatoms. The van der Waals surface area contributed by atoms with Crippen molar-refractivity contribution in [3.63, 3.8) is 0 Å². The highest BCUT2D eigenvalue weighted by molar-refractivity contribution is 5.75. The van der Waals surface area contributed by atoms with Crippen molar-refractivity contribution in [3.05, 3.63) is 53.9 Å². The smallest absolute Gasteiger partial charge is 0.146 e. The first-order chi connectivity index (χ1) is 9.56. The number of hydrogen-bond donors (Lipinski definition) is 0. The van der Waals surface area contributed by atoms with Crippen LogP contribution in [0.3, 0.4) is 0 Å². The van der Waals surface area contributed by atoms with E-state index in [2.05, 4.69) is 49.6 Å². The monoisotopic (exact) mass is 264 g/mol. The van der Waals surface area contributed by atoms with Gasteiger partial charge < -0.3 is 4.74 Å². The molecule has 0 amide bonds. The van der Waals surface area contributed by atoms with Gasteiger partial charge in [0.1, 0.15) is 22.7 Å². The van der Waals surface area contributed by atoms with Crippen molar-refractivity contribution in [1.29, 1.82) is 0 Å². The Bertz CT molecular complexity index is 830. The third kappa shape index (κ3) is 1.43. The third-order valence-corrected chi connectivity index (χ3v) is 3.84. The maximum absolute atomic E-state index is 6.19. The quantitative estimate of drug-likeness (QED) is 0.615. The molecule has 3 nitrogen and oxygen atoms in total. The highest BCUT2D eigenvalue weighted by Gasteiger charge is 2.36. The summed E-state index contributed by atoms with van der Waals surface area (Å²) in [4.78, 5) is 4.81. The van der Waals surface area contributed by atoms with Crippen molar-refractivity contribution in [2.24, 2.45) is 0 Å². The molecule has 0 radical (unpaired) electrons. The minimum Gasteiger partial charge on any atom is -0.481 e. The molecule has 0 fully saturated rings. The van der Waals surface area contributed by atoms with Crippen LogP contribution in [0.15, 0.2) is 42.6 Å². The molecule has 2 aromatic heterocycles. The molecule has 0 bridgehead atoms. The lowest BCUT2D eigenvalue weighted by atomic mass is 9.95. The zero-order chi connectivity index (χ0) is 13.9. The molecule has 1 aliphatic rings. The lowest BCUT2D eigenvalue weighted by Gasteiger charge is -2.32. The van der Waals surface area contributed by atoms with E-state index in [0.717, 1.165) is 28.3 Å². The fraction of sp³-hybridized carbons (Fsp3) is 0.235. The summed E-state index contributed by atoms with van der Waals surface area (Å²) in [5.74, 6) is 0.908. The first kappa shape index (κ1) is 11.5. The van der Waals surface area contributed by atoms with Gasteiger partial charge in [0.05, 0.1) is 5.69 Å². The number of fused-ring (bicyclic) bond motifs is 5. The second kappa shape index (κ2) is 3.63. The topological polar surface area (TPSA) is 26.5 Å². The van der Waals surface area contributed by atoms with Gasteiger partial charge >= 0.3 is 0 Å². The number of imidazole rings is 1. The van der Waals surface area contributed by atoms with Crippen LogP contribution >= 0.6 is 0 Å². The average molecular weight is 264 g/mol. The lowest BCUT2D eigenvalue weighted by molar-refractivity contribution is 0.0996. The summed E-state index contributed by atoms with van der Waals surface area (Å²) in [5.41, 5.74) is 5.01. The van der Waals surface area contributed by atoms with E-state index in [0.29, 0.717) is 0 Å². The molecule has 1 aromatic carbocycles.